The topological polar surface area (TPSA) is 27.1 Å². The first kappa shape index (κ1) is 11.1. The summed E-state index contributed by atoms with van der Waals surface area (Å²) in [5.74, 6) is 0.779. The van der Waals surface area contributed by atoms with Crippen LogP contribution in [-0.4, -0.2) is 16.4 Å². The fourth-order valence-corrected chi connectivity index (χ4v) is 1.29. The van der Waals surface area contributed by atoms with Crippen LogP contribution in [-0.2, 0) is 12.5 Å². The van der Waals surface area contributed by atoms with Crippen molar-refractivity contribution in [1.29, 1.82) is 0 Å². The molecule has 0 aliphatic carbocycles. The number of rotatable bonds is 3. The van der Waals surface area contributed by atoms with E-state index < -0.39 is 0 Å². The molecule has 0 aliphatic heterocycles. The van der Waals surface area contributed by atoms with Crippen LogP contribution >= 0.6 is 0 Å². The van der Waals surface area contributed by atoms with Gasteiger partial charge in [0.25, 0.3) is 0 Å². The van der Waals surface area contributed by atoms with Crippen LogP contribution in [0.25, 0.3) is 0 Å². The Morgan fingerprint density at radius 1 is 1.43 bits per heavy atom. The first-order valence-electron chi connectivity index (χ1n) is 5.12. The fraction of sp³-hybridized carbons (Fsp3) is 0.727. The zero-order valence-electron chi connectivity index (χ0n) is 9.79. The van der Waals surface area contributed by atoms with Gasteiger partial charge in [0.05, 0.1) is 6.61 Å². The van der Waals surface area contributed by atoms with Gasteiger partial charge < -0.3 is 4.74 Å². The van der Waals surface area contributed by atoms with Gasteiger partial charge in [-0.15, -0.1) is 5.10 Å². The van der Waals surface area contributed by atoms with Gasteiger partial charge in [-0.3, -0.25) is 4.68 Å². The van der Waals surface area contributed by atoms with Gasteiger partial charge in [0.15, 0.2) is 0 Å². The van der Waals surface area contributed by atoms with Crippen molar-refractivity contribution in [3.8, 4) is 5.88 Å². The standard InChI is InChI=1S/C11H20N2O/c1-6-7-14-10-9(11(2,3)4)8-13(5)12-10/h8H,6-7H2,1-5H3. The second kappa shape index (κ2) is 4.03. The molecule has 3 heteroatoms. The smallest absolute Gasteiger partial charge is 0.236 e. The van der Waals surface area contributed by atoms with E-state index in [2.05, 4.69) is 32.8 Å². The highest BCUT2D eigenvalue weighted by Crippen LogP contribution is 2.29. The number of nitrogens with zero attached hydrogens (tertiary/aromatic N) is 2. The molecule has 0 aliphatic rings. The summed E-state index contributed by atoms with van der Waals surface area (Å²) in [6, 6.07) is 0. The van der Waals surface area contributed by atoms with Gasteiger partial charge in [0.2, 0.25) is 5.88 Å². The number of aromatic nitrogens is 2. The van der Waals surface area contributed by atoms with E-state index in [0.717, 1.165) is 18.9 Å². The lowest BCUT2D eigenvalue weighted by molar-refractivity contribution is 0.295. The molecule has 0 radical (unpaired) electrons. The molecule has 1 rings (SSSR count). The Hall–Kier alpha value is -0.990. The maximum absolute atomic E-state index is 5.60. The Kier molecular flexibility index (Phi) is 3.19. The van der Waals surface area contributed by atoms with Crippen molar-refractivity contribution in [3.63, 3.8) is 0 Å². The first-order chi connectivity index (χ1) is 6.45. The van der Waals surface area contributed by atoms with Crippen LogP contribution in [0.15, 0.2) is 6.20 Å². The average Bonchev–Trinajstić information content (AvgIpc) is 2.42. The normalized spacial score (nSPS) is 11.8. The van der Waals surface area contributed by atoms with E-state index in [1.54, 1.807) is 0 Å². The van der Waals surface area contributed by atoms with Crippen LogP contribution in [0.5, 0.6) is 5.88 Å². The lowest BCUT2D eigenvalue weighted by Crippen LogP contribution is -2.12. The molecule has 3 nitrogen and oxygen atoms in total. The minimum Gasteiger partial charge on any atom is -0.476 e. The van der Waals surface area contributed by atoms with Crippen molar-refractivity contribution in [2.24, 2.45) is 7.05 Å². The number of ether oxygens (including phenoxy) is 1. The van der Waals surface area contributed by atoms with E-state index in [0.29, 0.717) is 0 Å². The van der Waals surface area contributed by atoms with E-state index in [1.165, 1.54) is 5.56 Å². The van der Waals surface area contributed by atoms with Gasteiger partial charge >= 0.3 is 0 Å². The lowest BCUT2D eigenvalue weighted by Gasteiger charge is -2.17. The van der Waals surface area contributed by atoms with Gasteiger partial charge in [-0.1, -0.05) is 27.7 Å². The van der Waals surface area contributed by atoms with Crippen LogP contribution in [0.1, 0.15) is 39.7 Å². The Bertz CT molecular complexity index is 297. The second-order valence-electron chi connectivity index (χ2n) is 4.62. The molecule has 0 spiro atoms. The van der Waals surface area contributed by atoms with Crippen molar-refractivity contribution in [2.75, 3.05) is 6.61 Å². The minimum atomic E-state index is 0.0946. The molecular formula is C11H20N2O. The summed E-state index contributed by atoms with van der Waals surface area (Å²) in [7, 11) is 1.92. The molecule has 1 heterocycles. The third kappa shape index (κ3) is 2.50. The predicted octanol–water partition coefficient (Wildman–Crippen LogP) is 2.51. The largest absolute Gasteiger partial charge is 0.476 e. The molecule has 0 N–H and O–H groups in total. The van der Waals surface area contributed by atoms with E-state index in [-0.39, 0.29) is 5.41 Å². The summed E-state index contributed by atoms with van der Waals surface area (Å²) >= 11 is 0. The maximum atomic E-state index is 5.60. The van der Waals surface area contributed by atoms with E-state index in [9.17, 15) is 0 Å². The van der Waals surface area contributed by atoms with Crippen molar-refractivity contribution in [3.05, 3.63) is 11.8 Å². The molecular weight excluding hydrogens is 176 g/mol. The first-order valence-corrected chi connectivity index (χ1v) is 5.12. The molecule has 14 heavy (non-hydrogen) atoms. The molecule has 0 aromatic carbocycles. The molecule has 0 unspecified atom stereocenters. The lowest BCUT2D eigenvalue weighted by atomic mass is 9.89. The SMILES string of the molecule is CCCOc1nn(C)cc1C(C)(C)C. The van der Waals surface area contributed by atoms with E-state index in [1.807, 2.05) is 17.9 Å². The monoisotopic (exact) mass is 196 g/mol. The zero-order valence-corrected chi connectivity index (χ0v) is 9.79. The second-order valence-corrected chi connectivity index (χ2v) is 4.62. The Morgan fingerprint density at radius 3 is 2.57 bits per heavy atom. The Balaban J connectivity index is 2.91. The Labute approximate surface area is 86.1 Å². The van der Waals surface area contributed by atoms with Crippen LogP contribution in [0.3, 0.4) is 0 Å². The van der Waals surface area contributed by atoms with Gasteiger partial charge in [0.1, 0.15) is 0 Å². The molecule has 80 valence electrons. The van der Waals surface area contributed by atoms with Crippen LogP contribution in [0.2, 0.25) is 0 Å². The number of hydrogen-bond donors (Lipinski definition) is 0. The van der Waals surface area contributed by atoms with E-state index in [4.69, 9.17) is 4.74 Å². The summed E-state index contributed by atoms with van der Waals surface area (Å²) in [5.41, 5.74) is 1.27. The third-order valence-corrected chi connectivity index (χ3v) is 2.05. The van der Waals surface area contributed by atoms with Crippen molar-refractivity contribution < 1.29 is 4.74 Å². The third-order valence-electron chi connectivity index (χ3n) is 2.05. The fourth-order valence-electron chi connectivity index (χ4n) is 1.29. The van der Waals surface area contributed by atoms with Crippen LogP contribution in [0.4, 0.5) is 0 Å². The van der Waals surface area contributed by atoms with Gasteiger partial charge in [0, 0.05) is 18.8 Å². The molecule has 0 bridgehead atoms. The molecule has 0 saturated carbocycles. The highest BCUT2D eigenvalue weighted by atomic mass is 16.5. The summed E-state index contributed by atoms with van der Waals surface area (Å²) in [5, 5.41) is 4.31. The van der Waals surface area contributed by atoms with Gasteiger partial charge in [-0.2, -0.15) is 0 Å². The summed E-state index contributed by atoms with van der Waals surface area (Å²) in [4.78, 5) is 0. The summed E-state index contributed by atoms with van der Waals surface area (Å²) in [6.45, 7) is 9.34. The zero-order chi connectivity index (χ0) is 10.8. The molecule has 1 aromatic rings. The average molecular weight is 196 g/mol. The molecule has 1 aromatic heterocycles. The Morgan fingerprint density at radius 2 is 2.07 bits per heavy atom. The van der Waals surface area contributed by atoms with Crippen molar-refractivity contribution in [2.45, 2.75) is 39.5 Å². The molecule has 0 amide bonds. The maximum Gasteiger partial charge on any atom is 0.236 e. The predicted molar refractivity (Wildman–Crippen MR) is 57.7 cm³/mol. The summed E-state index contributed by atoms with van der Waals surface area (Å²) in [6.07, 6.45) is 3.05. The number of aryl methyl sites for hydroxylation is 1. The van der Waals surface area contributed by atoms with Crippen LogP contribution < -0.4 is 4.74 Å². The quantitative estimate of drug-likeness (QED) is 0.742. The minimum absolute atomic E-state index is 0.0946. The van der Waals surface area contributed by atoms with Crippen LogP contribution in [0, 0.1) is 0 Å². The van der Waals surface area contributed by atoms with Gasteiger partial charge in [-0.25, -0.2) is 0 Å². The molecule has 0 fully saturated rings. The van der Waals surface area contributed by atoms with Gasteiger partial charge in [-0.05, 0) is 11.8 Å². The number of hydrogen-bond acceptors (Lipinski definition) is 2. The molecule has 0 atom stereocenters. The summed E-state index contributed by atoms with van der Waals surface area (Å²) < 4.78 is 7.41. The highest BCUT2D eigenvalue weighted by molar-refractivity contribution is 5.30. The van der Waals surface area contributed by atoms with E-state index >= 15 is 0 Å². The highest BCUT2D eigenvalue weighted by Gasteiger charge is 2.22. The van der Waals surface area contributed by atoms with Crippen molar-refractivity contribution in [1.82, 2.24) is 9.78 Å². The molecule has 0 saturated heterocycles. The van der Waals surface area contributed by atoms with Crippen molar-refractivity contribution >= 4 is 0 Å².